The van der Waals surface area contributed by atoms with Gasteiger partial charge in [0.25, 0.3) is 0 Å². The largest absolute Gasteiger partial charge is 0.375 e. The second-order valence-corrected chi connectivity index (χ2v) is 5.53. The molecule has 0 aliphatic rings. The highest BCUT2D eigenvalue weighted by atomic mass is 35.7. The lowest BCUT2D eigenvalue weighted by Gasteiger charge is -2.15. The maximum atomic E-state index is 5.49. The predicted octanol–water partition coefficient (Wildman–Crippen LogP) is 1.97. The quantitative estimate of drug-likeness (QED) is 0.386. The van der Waals surface area contributed by atoms with Crippen LogP contribution in [0.3, 0.4) is 0 Å². The molecule has 62 valence electrons. The maximum Gasteiger partial charge on any atom is 0.375 e. The Bertz CT molecular complexity index is 82.0. The summed E-state index contributed by atoms with van der Waals surface area (Å²) in [6, 6.07) is 0. The fourth-order valence-corrected chi connectivity index (χ4v) is 1.74. The summed E-state index contributed by atoms with van der Waals surface area (Å²) in [7, 11) is -1.96. The lowest BCUT2D eigenvalue weighted by atomic mass is 10.5. The standard InChI is InChI=1S/C5H12Cl2O2Si/c1-3-5(8-4-2)9-10(6)7/h5,10H,3-4H2,1-2H3. The molecule has 0 aromatic carbocycles. The van der Waals surface area contributed by atoms with Crippen LogP contribution in [-0.2, 0) is 9.16 Å². The number of ether oxygens (including phenoxy) is 1. The summed E-state index contributed by atoms with van der Waals surface area (Å²) in [5, 5.41) is 0. The van der Waals surface area contributed by atoms with Gasteiger partial charge in [-0.2, -0.15) is 0 Å². The number of rotatable bonds is 5. The van der Waals surface area contributed by atoms with Gasteiger partial charge in [-0.3, -0.25) is 0 Å². The van der Waals surface area contributed by atoms with Crippen LogP contribution in [0.2, 0.25) is 0 Å². The van der Waals surface area contributed by atoms with Crippen molar-refractivity contribution >= 4 is 29.8 Å². The van der Waals surface area contributed by atoms with E-state index in [1.54, 1.807) is 0 Å². The fourth-order valence-electron chi connectivity index (χ4n) is 0.554. The first kappa shape index (κ1) is 10.7. The molecule has 5 heteroatoms. The molecular formula is C5H12Cl2O2Si. The van der Waals surface area contributed by atoms with Gasteiger partial charge in [-0.25, -0.2) is 0 Å². The minimum Gasteiger partial charge on any atom is -0.368 e. The monoisotopic (exact) mass is 202 g/mol. The van der Waals surface area contributed by atoms with Crippen molar-refractivity contribution in [1.82, 2.24) is 0 Å². The minimum absolute atomic E-state index is 0.211. The maximum absolute atomic E-state index is 5.49. The zero-order chi connectivity index (χ0) is 7.98. The Kier molecular flexibility index (Phi) is 6.89. The summed E-state index contributed by atoms with van der Waals surface area (Å²) in [6.45, 7) is 4.50. The second kappa shape index (κ2) is 6.43. The van der Waals surface area contributed by atoms with Crippen LogP contribution in [0.4, 0.5) is 0 Å². The topological polar surface area (TPSA) is 18.5 Å². The highest BCUT2D eigenvalue weighted by Gasteiger charge is 2.11. The van der Waals surface area contributed by atoms with E-state index in [2.05, 4.69) is 0 Å². The molecule has 0 aliphatic heterocycles. The van der Waals surface area contributed by atoms with Gasteiger partial charge in [0.1, 0.15) is 6.29 Å². The van der Waals surface area contributed by atoms with Gasteiger partial charge >= 0.3 is 7.66 Å². The Labute approximate surface area is 72.5 Å². The normalized spacial score (nSPS) is 14.1. The first-order chi connectivity index (χ1) is 4.70. The Hall–Kier alpha value is 0.717. The molecule has 0 radical (unpaired) electrons. The molecule has 10 heavy (non-hydrogen) atoms. The molecule has 0 saturated heterocycles. The molecule has 0 rings (SSSR count). The summed E-state index contributed by atoms with van der Waals surface area (Å²) in [5.74, 6) is 0. The summed E-state index contributed by atoms with van der Waals surface area (Å²) >= 11 is 11.0. The number of hydrogen-bond acceptors (Lipinski definition) is 2. The van der Waals surface area contributed by atoms with E-state index in [0.29, 0.717) is 6.61 Å². The highest BCUT2D eigenvalue weighted by molar-refractivity contribution is 7.30. The van der Waals surface area contributed by atoms with Gasteiger partial charge < -0.3 is 9.16 Å². The predicted molar refractivity (Wildman–Crippen MR) is 45.6 cm³/mol. The van der Waals surface area contributed by atoms with Gasteiger partial charge in [0.2, 0.25) is 0 Å². The van der Waals surface area contributed by atoms with E-state index in [9.17, 15) is 0 Å². The van der Waals surface area contributed by atoms with Crippen LogP contribution in [0, 0.1) is 0 Å². The van der Waals surface area contributed by atoms with Crippen LogP contribution in [0.15, 0.2) is 0 Å². The van der Waals surface area contributed by atoms with E-state index < -0.39 is 7.66 Å². The van der Waals surface area contributed by atoms with E-state index >= 15 is 0 Å². The van der Waals surface area contributed by atoms with Crippen molar-refractivity contribution in [1.29, 1.82) is 0 Å². The lowest BCUT2D eigenvalue weighted by Crippen LogP contribution is -2.20. The van der Waals surface area contributed by atoms with Gasteiger partial charge in [-0.1, -0.05) is 6.92 Å². The van der Waals surface area contributed by atoms with E-state index in [-0.39, 0.29) is 6.29 Å². The molecule has 0 N–H and O–H groups in total. The fraction of sp³-hybridized carbons (Fsp3) is 1.00. The van der Waals surface area contributed by atoms with Crippen molar-refractivity contribution in [3.05, 3.63) is 0 Å². The third-order valence-electron chi connectivity index (χ3n) is 0.941. The summed E-state index contributed by atoms with van der Waals surface area (Å²) in [4.78, 5) is 0. The molecule has 0 saturated carbocycles. The second-order valence-electron chi connectivity index (χ2n) is 1.69. The molecule has 2 nitrogen and oxygen atoms in total. The Balaban J connectivity index is 3.39. The molecule has 0 amide bonds. The van der Waals surface area contributed by atoms with E-state index in [1.807, 2.05) is 13.8 Å². The van der Waals surface area contributed by atoms with Crippen molar-refractivity contribution in [2.24, 2.45) is 0 Å². The van der Waals surface area contributed by atoms with Crippen LogP contribution in [0.1, 0.15) is 20.3 Å². The molecule has 0 heterocycles. The van der Waals surface area contributed by atoms with E-state index in [4.69, 9.17) is 31.3 Å². The number of halogens is 2. The van der Waals surface area contributed by atoms with Crippen molar-refractivity contribution in [3.63, 3.8) is 0 Å². The Morgan fingerprint density at radius 1 is 1.40 bits per heavy atom. The van der Waals surface area contributed by atoms with Gasteiger partial charge in [0.05, 0.1) is 0 Å². The molecule has 1 atom stereocenters. The molecule has 0 aromatic heterocycles. The summed E-state index contributed by atoms with van der Waals surface area (Å²) in [5.41, 5.74) is 0. The van der Waals surface area contributed by atoms with E-state index in [0.717, 1.165) is 6.42 Å². The first-order valence-electron chi connectivity index (χ1n) is 3.25. The Morgan fingerprint density at radius 2 is 2.00 bits per heavy atom. The van der Waals surface area contributed by atoms with Gasteiger partial charge in [-0.05, 0) is 13.3 Å². The number of hydrogen-bond donors (Lipinski definition) is 0. The minimum atomic E-state index is -1.96. The summed E-state index contributed by atoms with van der Waals surface area (Å²) in [6.07, 6.45) is 0.577. The first-order valence-corrected chi connectivity index (χ1v) is 7.22. The van der Waals surface area contributed by atoms with Gasteiger partial charge in [0.15, 0.2) is 0 Å². The lowest BCUT2D eigenvalue weighted by molar-refractivity contribution is -0.0753. The zero-order valence-electron chi connectivity index (χ0n) is 6.14. The zero-order valence-corrected chi connectivity index (χ0v) is 8.81. The summed E-state index contributed by atoms with van der Waals surface area (Å²) < 4.78 is 10.2. The van der Waals surface area contributed by atoms with Crippen LogP contribution >= 0.6 is 22.2 Å². The average molecular weight is 203 g/mol. The molecule has 1 unspecified atom stereocenters. The smallest absolute Gasteiger partial charge is 0.368 e. The van der Waals surface area contributed by atoms with Crippen LogP contribution in [0.5, 0.6) is 0 Å². The van der Waals surface area contributed by atoms with Crippen LogP contribution < -0.4 is 0 Å². The van der Waals surface area contributed by atoms with Crippen molar-refractivity contribution in [2.75, 3.05) is 6.61 Å². The van der Waals surface area contributed by atoms with Crippen molar-refractivity contribution in [3.8, 4) is 0 Å². The third kappa shape index (κ3) is 5.50. The van der Waals surface area contributed by atoms with Crippen molar-refractivity contribution in [2.45, 2.75) is 26.6 Å². The highest BCUT2D eigenvalue weighted by Crippen LogP contribution is 2.07. The SMILES string of the molecule is CCOC(CC)O[SiH](Cl)Cl. The Morgan fingerprint density at radius 3 is 2.30 bits per heavy atom. The van der Waals surface area contributed by atoms with Crippen LogP contribution in [-0.4, -0.2) is 20.6 Å². The molecule has 0 aromatic rings. The average Bonchev–Trinajstić information content (AvgIpc) is 1.86. The third-order valence-corrected chi connectivity index (χ3v) is 2.07. The molecule has 0 aliphatic carbocycles. The van der Waals surface area contributed by atoms with Crippen LogP contribution in [0.25, 0.3) is 0 Å². The van der Waals surface area contributed by atoms with E-state index in [1.165, 1.54) is 0 Å². The molecular weight excluding hydrogens is 191 g/mol. The van der Waals surface area contributed by atoms with Crippen molar-refractivity contribution < 1.29 is 9.16 Å². The molecule has 0 fully saturated rings. The molecule has 0 bridgehead atoms. The van der Waals surface area contributed by atoms with Gasteiger partial charge in [0, 0.05) is 6.61 Å². The molecule has 0 spiro atoms. The van der Waals surface area contributed by atoms with Gasteiger partial charge in [-0.15, -0.1) is 22.2 Å².